The van der Waals surface area contributed by atoms with Crippen LogP contribution < -0.4 is 5.32 Å². The lowest BCUT2D eigenvalue weighted by Gasteiger charge is -2.30. The second-order valence-corrected chi connectivity index (χ2v) is 7.30. The maximum absolute atomic E-state index is 13.7. The van der Waals surface area contributed by atoms with Gasteiger partial charge in [-0.1, -0.05) is 34.1 Å². The fourth-order valence-electron chi connectivity index (χ4n) is 3.59. The highest BCUT2D eigenvalue weighted by Gasteiger charge is 2.64. The summed E-state index contributed by atoms with van der Waals surface area (Å²) in [6.07, 6.45) is 1.43. The molecular formula is C15H25F2NO. The SMILES string of the molecule is CC1(C)C(CNC(=O)C2CCCCC2(F)F)C1(C)C. The predicted molar refractivity (Wildman–Crippen MR) is 71.0 cm³/mol. The summed E-state index contributed by atoms with van der Waals surface area (Å²) < 4.78 is 27.4. The van der Waals surface area contributed by atoms with Crippen LogP contribution in [0.3, 0.4) is 0 Å². The summed E-state index contributed by atoms with van der Waals surface area (Å²) >= 11 is 0. The molecule has 4 heteroatoms. The Bertz CT molecular complexity index is 362. The van der Waals surface area contributed by atoms with E-state index in [0.717, 1.165) is 6.42 Å². The molecule has 0 radical (unpaired) electrons. The van der Waals surface area contributed by atoms with Crippen LogP contribution in [-0.4, -0.2) is 18.4 Å². The Balaban J connectivity index is 1.89. The molecule has 0 bridgehead atoms. The first-order valence-corrected chi connectivity index (χ1v) is 7.26. The summed E-state index contributed by atoms with van der Waals surface area (Å²) in [6, 6.07) is 0. The summed E-state index contributed by atoms with van der Waals surface area (Å²) in [4.78, 5) is 12.0. The van der Waals surface area contributed by atoms with Crippen LogP contribution in [0.2, 0.25) is 0 Å². The van der Waals surface area contributed by atoms with Gasteiger partial charge in [-0.15, -0.1) is 0 Å². The Morgan fingerprint density at radius 3 is 2.21 bits per heavy atom. The summed E-state index contributed by atoms with van der Waals surface area (Å²) in [5.41, 5.74) is 0.352. The topological polar surface area (TPSA) is 29.1 Å². The zero-order chi connectivity index (χ0) is 14.5. The van der Waals surface area contributed by atoms with Gasteiger partial charge in [-0.3, -0.25) is 4.79 Å². The summed E-state index contributed by atoms with van der Waals surface area (Å²) in [5.74, 6) is -4.02. The number of halogens is 2. The lowest BCUT2D eigenvalue weighted by molar-refractivity contribution is -0.145. The molecule has 2 fully saturated rings. The van der Waals surface area contributed by atoms with Gasteiger partial charge in [0.15, 0.2) is 0 Å². The monoisotopic (exact) mass is 273 g/mol. The van der Waals surface area contributed by atoms with E-state index < -0.39 is 17.7 Å². The van der Waals surface area contributed by atoms with Crippen molar-refractivity contribution in [2.75, 3.05) is 6.54 Å². The molecule has 2 aliphatic carbocycles. The van der Waals surface area contributed by atoms with Gasteiger partial charge in [0.2, 0.25) is 5.91 Å². The second kappa shape index (κ2) is 4.42. The first kappa shape index (κ1) is 14.7. The molecule has 0 aromatic heterocycles. The van der Waals surface area contributed by atoms with Crippen molar-refractivity contribution >= 4 is 5.91 Å². The molecule has 2 saturated carbocycles. The second-order valence-electron chi connectivity index (χ2n) is 7.30. The van der Waals surface area contributed by atoms with Gasteiger partial charge in [0.25, 0.3) is 5.92 Å². The highest BCUT2D eigenvalue weighted by Crippen LogP contribution is 2.67. The molecule has 1 atom stereocenters. The molecule has 0 heterocycles. The summed E-state index contributed by atoms with van der Waals surface area (Å²) in [6.45, 7) is 9.18. The molecule has 19 heavy (non-hydrogen) atoms. The van der Waals surface area contributed by atoms with E-state index in [1.807, 2.05) is 0 Å². The number of nitrogens with one attached hydrogen (secondary N) is 1. The van der Waals surface area contributed by atoms with E-state index in [4.69, 9.17) is 0 Å². The minimum atomic E-state index is -2.82. The van der Waals surface area contributed by atoms with Crippen molar-refractivity contribution in [1.29, 1.82) is 0 Å². The zero-order valence-electron chi connectivity index (χ0n) is 12.4. The Labute approximate surface area is 114 Å². The van der Waals surface area contributed by atoms with Crippen molar-refractivity contribution in [3.8, 4) is 0 Å². The average Bonchev–Trinajstić information content (AvgIpc) is 2.66. The van der Waals surface area contributed by atoms with Gasteiger partial charge in [-0.05, 0) is 29.6 Å². The van der Waals surface area contributed by atoms with Crippen LogP contribution in [0, 0.1) is 22.7 Å². The number of alkyl halides is 2. The van der Waals surface area contributed by atoms with Crippen LogP contribution in [-0.2, 0) is 4.79 Å². The fourth-order valence-corrected chi connectivity index (χ4v) is 3.59. The number of amides is 1. The van der Waals surface area contributed by atoms with Crippen LogP contribution in [0.4, 0.5) is 8.78 Å². The smallest absolute Gasteiger partial charge is 0.259 e. The van der Waals surface area contributed by atoms with Crippen molar-refractivity contribution < 1.29 is 13.6 Å². The van der Waals surface area contributed by atoms with Crippen molar-refractivity contribution in [1.82, 2.24) is 5.32 Å². The first-order valence-electron chi connectivity index (χ1n) is 7.26. The quantitative estimate of drug-likeness (QED) is 0.836. The van der Waals surface area contributed by atoms with E-state index in [-0.39, 0.29) is 17.3 Å². The Morgan fingerprint density at radius 2 is 1.74 bits per heavy atom. The molecule has 0 aliphatic heterocycles. The number of rotatable bonds is 3. The molecule has 2 rings (SSSR count). The minimum absolute atomic E-state index is 0.147. The lowest BCUT2D eigenvalue weighted by Crippen LogP contribution is -2.44. The summed E-state index contributed by atoms with van der Waals surface area (Å²) in [7, 11) is 0. The molecule has 0 aromatic rings. The number of hydrogen-bond donors (Lipinski definition) is 1. The van der Waals surface area contributed by atoms with Crippen LogP contribution in [0.25, 0.3) is 0 Å². The first-order chi connectivity index (χ1) is 8.61. The highest BCUT2D eigenvalue weighted by molar-refractivity contribution is 5.79. The Morgan fingerprint density at radius 1 is 1.16 bits per heavy atom. The van der Waals surface area contributed by atoms with Crippen LogP contribution in [0.1, 0.15) is 53.4 Å². The molecule has 0 saturated heterocycles. The standard InChI is InChI=1S/C15H25F2NO/c1-13(2)11(14(13,3)4)9-18-12(19)10-7-5-6-8-15(10,16)17/h10-11H,5-9H2,1-4H3,(H,18,19). The molecule has 1 unspecified atom stereocenters. The molecular weight excluding hydrogens is 248 g/mol. The van der Waals surface area contributed by atoms with Crippen molar-refractivity contribution in [2.45, 2.75) is 59.3 Å². The van der Waals surface area contributed by atoms with Gasteiger partial charge in [0, 0.05) is 13.0 Å². The van der Waals surface area contributed by atoms with Gasteiger partial charge in [0.05, 0.1) is 0 Å². The third kappa shape index (κ3) is 2.38. The molecule has 0 aromatic carbocycles. The Hall–Kier alpha value is -0.670. The number of hydrogen-bond acceptors (Lipinski definition) is 1. The van der Waals surface area contributed by atoms with E-state index in [1.54, 1.807) is 0 Å². The zero-order valence-corrected chi connectivity index (χ0v) is 12.4. The maximum Gasteiger partial charge on any atom is 0.259 e. The van der Waals surface area contributed by atoms with Crippen molar-refractivity contribution in [3.05, 3.63) is 0 Å². The van der Waals surface area contributed by atoms with Crippen LogP contribution in [0.5, 0.6) is 0 Å². The third-order valence-electron chi connectivity index (χ3n) is 5.88. The van der Waals surface area contributed by atoms with E-state index in [9.17, 15) is 13.6 Å². The molecule has 2 aliphatic rings. The minimum Gasteiger partial charge on any atom is -0.355 e. The molecule has 1 amide bonds. The highest BCUT2D eigenvalue weighted by atomic mass is 19.3. The predicted octanol–water partition coefficient (Wildman–Crippen LogP) is 3.61. The van der Waals surface area contributed by atoms with Crippen LogP contribution in [0.15, 0.2) is 0 Å². The van der Waals surface area contributed by atoms with Gasteiger partial charge in [-0.2, -0.15) is 0 Å². The molecule has 0 spiro atoms. The largest absolute Gasteiger partial charge is 0.355 e. The fraction of sp³-hybridized carbons (Fsp3) is 0.933. The van der Waals surface area contributed by atoms with E-state index in [1.165, 1.54) is 0 Å². The van der Waals surface area contributed by atoms with Crippen molar-refractivity contribution in [2.24, 2.45) is 22.7 Å². The normalized spacial score (nSPS) is 31.8. The Kier molecular flexibility index (Phi) is 3.43. The molecule has 2 nitrogen and oxygen atoms in total. The molecule has 1 N–H and O–H groups in total. The average molecular weight is 273 g/mol. The number of carbonyl (C=O) groups excluding carboxylic acids is 1. The lowest BCUT2D eigenvalue weighted by atomic mass is 9.85. The van der Waals surface area contributed by atoms with Crippen molar-refractivity contribution in [3.63, 3.8) is 0 Å². The maximum atomic E-state index is 13.7. The third-order valence-corrected chi connectivity index (χ3v) is 5.88. The van der Waals surface area contributed by atoms with E-state index >= 15 is 0 Å². The van der Waals surface area contributed by atoms with E-state index in [0.29, 0.717) is 25.3 Å². The van der Waals surface area contributed by atoms with Gasteiger partial charge in [0.1, 0.15) is 5.92 Å². The van der Waals surface area contributed by atoms with Gasteiger partial charge in [-0.25, -0.2) is 8.78 Å². The van der Waals surface area contributed by atoms with E-state index in [2.05, 4.69) is 33.0 Å². The number of carbonyl (C=O) groups is 1. The van der Waals surface area contributed by atoms with Gasteiger partial charge < -0.3 is 5.32 Å². The van der Waals surface area contributed by atoms with Crippen LogP contribution >= 0.6 is 0 Å². The summed E-state index contributed by atoms with van der Waals surface area (Å²) in [5, 5.41) is 2.76. The van der Waals surface area contributed by atoms with Gasteiger partial charge >= 0.3 is 0 Å². The molecule has 110 valence electrons.